The van der Waals surface area contributed by atoms with Crippen LogP contribution in [-0.2, 0) is 6.18 Å². The van der Waals surface area contributed by atoms with Gasteiger partial charge in [0, 0.05) is 6.04 Å². The van der Waals surface area contributed by atoms with E-state index in [0.29, 0.717) is 0 Å². The Kier molecular flexibility index (Phi) is 2.81. The standard InChI is InChI=1S/C8H10ClF3N2/c1-4(2)14-7(8(10,11)12)6(9)5(3)13-14/h4H,1-3H3. The van der Waals surface area contributed by atoms with Crippen LogP contribution < -0.4 is 0 Å². The Morgan fingerprint density at radius 1 is 1.36 bits per heavy atom. The summed E-state index contributed by atoms with van der Waals surface area (Å²) < 4.78 is 38.5. The number of aryl methyl sites for hydroxylation is 1. The largest absolute Gasteiger partial charge is 0.434 e. The van der Waals surface area contributed by atoms with E-state index in [4.69, 9.17) is 11.6 Å². The lowest BCUT2D eigenvalue weighted by molar-refractivity contribution is -0.144. The number of aromatic nitrogens is 2. The maximum absolute atomic E-state index is 12.5. The van der Waals surface area contributed by atoms with Gasteiger partial charge in [0.1, 0.15) is 0 Å². The lowest BCUT2D eigenvalue weighted by Gasteiger charge is -2.13. The van der Waals surface area contributed by atoms with Gasteiger partial charge in [0.05, 0.1) is 10.7 Å². The highest BCUT2D eigenvalue weighted by molar-refractivity contribution is 6.31. The molecule has 0 aromatic carbocycles. The van der Waals surface area contributed by atoms with Gasteiger partial charge in [-0.3, -0.25) is 4.68 Å². The third kappa shape index (κ3) is 1.87. The van der Waals surface area contributed by atoms with Crippen molar-refractivity contribution in [3.05, 3.63) is 16.4 Å². The van der Waals surface area contributed by atoms with Crippen LogP contribution in [0.3, 0.4) is 0 Å². The first-order chi connectivity index (χ1) is 6.25. The van der Waals surface area contributed by atoms with Gasteiger partial charge in [0.25, 0.3) is 0 Å². The summed E-state index contributed by atoms with van der Waals surface area (Å²) in [5.74, 6) is 0. The molecule has 6 heteroatoms. The second kappa shape index (κ2) is 3.46. The van der Waals surface area contributed by atoms with Crippen LogP contribution in [0.25, 0.3) is 0 Å². The molecule has 0 unspecified atom stereocenters. The lowest BCUT2D eigenvalue weighted by Crippen LogP contribution is -2.16. The van der Waals surface area contributed by atoms with Gasteiger partial charge in [0.2, 0.25) is 0 Å². The van der Waals surface area contributed by atoms with Crippen LogP contribution in [0.15, 0.2) is 0 Å². The van der Waals surface area contributed by atoms with Crippen molar-refractivity contribution >= 4 is 11.6 Å². The zero-order valence-corrected chi connectivity index (χ0v) is 8.74. The Balaban J connectivity index is 3.38. The van der Waals surface area contributed by atoms with E-state index in [-0.39, 0.29) is 16.8 Å². The van der Waals surface area contributed by atoms with Crippen LogP contribution >= 0.6 is 11.6 Å². The van der Waals surface area contributed by atoms with Crippen LogP contribution in [0.4, 0.5) is 13.2 Å². The molecule has 0 atom stereocenters. The van der Waals surface area contributed by atoms with Crippen LogP contribution in [-0.4, -0.2) is 9.78 Å². The van der Waals surface area contributed by atoms with Crippen LogP contribution in [0.2, 0.25) is 5.02 Å². The summed E-state index contributed by atoms with van der Waals surface area (Å²) in [7, 11) is 0. The van der Waals surface area contributed by atoms with E-state index in [9.17, 15) is 13.2 Å². The van der Waals surface area contributed by atoms with Crippen molar-refractivity contribution in [1.29, 1.82) is 0 Å². The topological polar surface area (TPSA) is 17.8 Å². The second-order valence-corrected chi connectivity index (χ2v) is 3.66. The van der Waals surface area contributed by atoms with Crippen molar-refractivity contribution in [3.63, 3.8) is 0 Å². The number of rotatable bonds is 1. The van der Waals surface area contributed by atoms with Gasteiger partial charge in [-0.05, 0) is 20.8 Å². The number of hydrogen-bond acceptors (Lipinski definition) is 1. The van der Waals surface area contributed by atoms with Crippen LogP contribution in [0.5, 0.6) is 0 Å². The van der Waals surface area contributed by atoms with Crippen LogP contribution in [0, 0.1) is 6.92 Å². The number of hydrogen-bond donors (Lipinski definition) is 0. The van der Waals surface area contributed by atoms with E-state index in [2.05, 4.69) is 5.10 Å². The fourth-order valence-corrected chi connectivity index (χ4v) is 1.39. The predicted octanol–water partition coefficient (Wildman–Crippen LogP) is 3.44. The number of halogens is 4. The predicted molar refractivity (Wildman–Crippen MR) is 47.4 cm³/mol. The van der Waals surface area contributed by atoms with Gasteiger partial charge < -0.3 is 0 Å². The second-order valence-electron chi connectivity index (χ2n) is 3.28. The molecule has 0 amide bonds. The van der Waals surface area contributed by atoms with E-state index in [1.54, 1.807) is 13.8 Å². The molecule has 0 radical (unpaired) electrons. The minimum atomic E-state index is -4.46. The van der Waals surface area contributed by atoms with Crippen molar-refractivity contribution in [2.45, 2.75) is 33.0 Å². The molecule has 0 saturated carbocycles. The fourth-order valence-electron chi connectivity index (χ4n) is 1.16. The minimum Gasteiger partial charge on any atom is -0.256 e. The molecule has 14 heavy (non-hydrogen) atoms. The highest BCUT2D eigenvalue weighted by Gasteiger charge is 2.39. The maximum Gasteiger partial charge on any atom is 0.434 e. The van der Waals surface area contributed by atoms with E-state index in [0.717, 1.165) is 4.68 Å². The van der Waals surface area contributed by atoms with Gasteiger partial charge in [0.15, 0.2) is 5.69 Å². The first kappa shape index (κ1) is 11.4. The molecule has 0 aliphatic heterocycles. The zero-order chi connectivity index (χ0) is 11.1. The molecular weight excluding hydrogens is 217 g/mol. The zero-order valence-electron chi connectivity index (χ0n) is 7.98. The summed E-state index contributed by atoms with van der Waals surface area (Å²) in [6.45, 7) is 4.70. The summed E-state index contributed by atoms with van der Waals surface area (Å²) in [5, 5.41) is 3.43. The molecule has 1 heterocycles. The van der Waals surface area contributed by atoms with Crippen molar-refractivity contribution in [1.82, 2.24) is 9.78 Å². The quantitative estimate of drug-likeness (QED) is 0.717. The van der Waals surface area contributed by atoms with Crippen molar-refractivity contribution in [2.75, 3.05) is 0 Å². The lowest BCUT2D eigenvalue weighted by atomic mass is 10.3. The minimum absolute atomic E-state index is 0.202. The van der Waals surface area contributed by atoms with Gasteiger partial charge >= 0.3 is 6.18 Å². The van der Waals surface area contributed by atoms with Crippen molar-refractivity contribution < 1.29 is 13.2 Å². The normalized spacial score (nSPS) is 12.6. The molecular formula is C8H10ClF3N2. The fraction of sp³-hybridized carbons (Fsp3) is 0.625. The first-order valence-electron chi connectivity index (χ1n) is 4.07. The van der Waals surface area contributed by atoms with Gasteiger partial charge in [-0.1, -0.05) is 11.6 Å². The summed E-state index contributed by atoms with van der Waals surface area (Å²) in [5.41, 5.74) is -0.667. The molecule has 1 rings (SSSR count). The Labute approximate surface area is 84.7 Å². The highest BCUT2D eigenvalue weighted by atomic mass is 35.5. The monoisotopic (exact) mass is 226 g/mol. The van der Waals surface area contributed by atoms with E-state index in [1.807, 2.05) is 0 Å². The third-order valence-corrected chi connectivity index (χ3v) is 2.22. The van der Waals surface area contributed by atoms with Crippen molar-refractivity contribution in [2.24, 2.45) is 0 Å². The first-order valence-corrected chi connectivity index (χ1v) is 4.44. The Morgan fingerprint density at radius 2 is 1.86 bits per heavy atom. The average molecular weight is 227 g/mol. The summed E-state index contributed by atoms with van der Waals surface area (Å²) in [6.07, 6.45) is -4.46. The molecule has 1 aromatic heterocycles. The number of nitrogens with zero attached hydrogens (tertiary/aromatic N) is 2. The maximum atomic E-state index is 12.5. The molecule has 0 aliphatic carbocycles. The van der Waals surface area contributed by atoms with E-state index < -0.39 is 11.9 Å². The Hall–Kier alpha value is -0.710. The molecule has 0 saturated heterocycles. The molecule has 0 spiro atoms. The van der Waals surface area contributed by atoms with Gasteiger partial charge in [-0.25, -0.2) is 0 Å². The van der Waals surface area contributed by atoms with E-state index in [1.165, 1.54) is 6.92 Å². The Bertz CT molecular complexity index is 341. The Morgan fingerprint density at radius 3 is 2.14 bits per heavy atom. The third-order valence-electron chi connectivity index (χ3n) is 1.77. The van der Waals surface area contributed by atoms with Gasteiger partial charge in [-0.15, -0.1) is 0 Å². The summed E-state index contributed by atoms with van der Waals surface area (Å²) >= 11 is 5.54. The summed E-state index contributed by atoms with van der Waals surface area (Å²) in [6, 6.07) is -0.363. The smallest absolute Gasteiger partial charge is 0.256 e. The molecule has 80 valence electrons. The SMILES string of the molecule is Cc1nn(C(C)C)c(C(F)(F)F)c1Cl. The molecule has 0 fully saturated rings. The average Bonchev–Trinajstić information content (AvgIpc) is 2.27. The molecule has 2 nitrogen and oxygen atoms in total. The summed E-state index contributed by atoms with van der Waals surface area (Å²) in [4.78, 5) is 0. The number of alkyl halides is 3. The molecule has 1 aromatic rings. The van der Waals surface area contributed by atoms with Crippen LogP contribution in [0.1, 0.15) is 31.3 Å². The highest BCUT2D eigenvalue weighted by Crippen LogP contribution is 2.37. The molecule has 0 bridgehead atoms. The van der Waals surface area contributed by atoms with Crippen molar-refractivity contribution in [3.8, 4) is 0 Å². The van der Waals surface area contributed by atoms with E-state index >= 15 is 0 Å². The molecule has 0 aliphatic rings. The van der Waals surface area contributed by atoms with Gasteiger partial charge in [-0.2, -0.15) is 18.3 Å². The molecule has 0 N–H and O–H groups in total.